The maximum absolute atomic E-state index is 12.6. The average Bonchev–Trinajstić information content (AvgIpc) is 3.03. The number of ether oxygens (including phenoxy) is 1. The molecule has 152 valence electrons. The van der Waals surface area contributed by atoms with Gasteiger partial charge in [-0.15, -0.1) is 5.10 Å². The molecule has 1 fully saturated rings. The number of rotatable bonds is 6. The predicted molar refractivity (Wildman–Crippen MR) is 113 cm³/mol. The molecule has 2 aromatic heterocycles. The van der Waals surface area contributed by atoms with Crippen molar-refractivity contribution in [1.29, 1.82) is 0 Å². The third-order valence-corrected chi connectivity index (χ3v) is 4.78. The van der Waals surface area contributed by atoms with Gasteiger partial charge in [0.15, 0.2) is 5.82 Å². The molecule has 2 aliphatic rings. The fourth-order valence-electron chi connectivity index (χ4n) is 3.34. The largest absolute Gasteiger partial charge is 0.490 e. The molecule has 8 nitrogen and oxygen atoms in total. The Labute approximate surface area is 170 Å². The van der Waals surface area contributed by atoms with Gasteiger partial charge in [-0.3, -0.25) is 4.79 Å². The van der Waals surface area contributed by atoms with Gasteiger partial charge in [0.05, 0.1) is 38.9 Å². The van der Waals surface area contributed by atoms with Gasteiger partial charge in [0.1, 0.15) is 23.8 Å². The van der Waals surface area contributed by atoms with Gasteiger partial charge in [0.2, 0.25) is 5.78 Å². The van der Waals surface area contributed by atoms with E-state index >= 15 is 0 Å². The molecule has 0 unspecified atom stereocenters. The molecule has 0 spiro atoms. The molecule has 4 rings (SSSR count). The van der Waals surface area contributed by atoms with Crippen LogP contribution in [0.3, 0.4) is 0 Å². The van der Waals surface area contributed by atoms with Crippen molar-refractivity contribution in [3.05, 3.63) is 48.0 Å². The number of carbonyl (C=O) groups is 1. The summed E-state index contributed by atoms with van der Waals surface area (Å²) >= 11 is 0. The molecule has 29 heavy (non-hydrogen) atoms. The van der Waals surface area contributed by atoms with Gasteiger partial charge in [-0.25, -0.2) is 9.51 Å². The first-order valence-electron chi connectivity index (χ1n) is 9.86. The first kappa shape index (κ1) is 19.2. The second-order valence-electron chi connectivity index (χ2n) is 8.23. The van der Waals surface area contributed by atoms with Crippen LogP contribution in [0.1, 0.15) is 6.42 Å². The Morgan fingerprint density at radius 3 is 3.00 bits per heavy atom. The highest BCUT2D eigenvalue weighted by atomic mass is 16.5. The lowest BCUT2D eigenvalue weighted by atomic mass is 10.1. The van der Waals surface area contributed by atoms with Crippen LogP contribution in [0, 0.1) is 0 Å². The summed E-state index contributed by atoms with van der Waals surface area (Å²) in [7, 11) is 6.53. The summed E-state index contributed by atoms with van der Waals surface area (Å²) in [6, 6.07) is 5.81. The highest BCUT2D eigenvalue weighted by Crippen LogP contribution is 2.31. The van der Waals surface area contributed by atoms with E-state index in [-0.39, 0.29) is 5.78 Å². The zero-order valence-electron chi connectivity index (χ0n) is 17.1. The quantitative estimate of drug-likeness (QED) is 0.444. The lowest BCUT2D eigenvalue weighted by molar-refractivity contribution is -0.870. The minimum atomic E-state index is -0.145. The van der Waals surface area contributed by atoms with Gasteiger partial charge in [-0.2, -0.15) is 0 Å². The number of pyridine rings is 1. The van der Waals surface area contributed by atoms with E-state index in [1.807, 2.05) is 24.4 Å². The SMILES string of the molecule is C[N+](C)(C)CCCNc1nn2ccccc2c1N=C1C=C2OCCNC2=CC1=O. The van der Waals surface area contributed by atoms with E-state index in [1.165, 1.54) is 0 Å². The summed E-state index contributed by atoms with van der Waals surface area (Å²) in [5.74, 6) is 1.19. The summed E-state index contributed by atoms with van der Waals surface area (Å²) in [6.07, 6.45) is 6.13. The summed E-state index contributed by atoms with van der Waals surface area (Å²) in [5.41, 5.74) is 2.58. The summed E-state index contributed by atoms with van der Waals surface area (Å²) in [4.78, 5) is 17.3. The number of hydrogen-bond acceptors (Lipinski definition) is 6. The normalized spacial score (nSPS) is 18.0. The molecule has 8 heteroatoms. The van der Waals surface area contributed by atoms with Crippen LogP contribution in [-0.2, 0) is 9.53 Å². The van der Waals surface area contributed by atoms with Crippen molar-refractivity contribution in [3.63, 3.8) is 0 Å². The van der Waals surface area contributed by atoms with Gasteiger partial charge in [-0.05, 0) is 12.1 Å². The number of quaternary nitrogens is 1. The lowest BCUT2D eigenvalue weighted by Gasteiger charge is -2.24. The van der Waals surface area contributed by atoms with Crippen LogP contribution in [0.25, 0.3) is 5.52 Å². The maximum Gasteiger partial charge on any atom is 0.206 e. The Bertz CT molecular complexity index is 1030. The van der Waals surface area contributed by atoms with Crippen molar-refractivity contribution >= 4 is 28.5 Å². The molecule has 0 atom stereocenters. The molecule has 0 bridgehead atoms. The monoisotopic (exact) mass is 395 g/mol. The molecule has 2 aromatic rings. The minimum absolute atomic E-state index is 0.145. The van der Waals surface area contributed by atoms with E-state index in [2.05, 4.69) is 36.9 Å². The number of carbonyl (C=O) groups excluding carboxylic acids is 1. The van der Waals surface area contributed by atoms with Crippen LogP contribution >= 0.6 is 0 Å². The number of aliphatic imine (C=N–C) groups is 1. The molecule has 0 amide bonds. The van der Waals surface area contributed by atoms with E-state index in [0.717, 1.165) is 35.2 Å². The van der Waals surface area contributed by atoms with Crippen LogP contribution < -0.4 is 10.6 Å². The Kier molecular flexibility index (Phi) is 5.10. The molecule has 2 N–H and O–H groups in total. The number of nitrogens with one attached hydrogen (secondary N) is 2. The van der Waals surface area contributed by atoms with Crippen molar-refractivity contribution in [3.8, 4) is 0 Å². The lowest BCUT2D eigenvalue weighted by Crippen LogP contribution is -2.36. The van der Waals surface area contributed by atoms with Crippen LogP contribution in [0.5, 0.6) is 0 Å². The van der Waals surface area contributed by atoms with E-state index in [4.69, 9.17) is 9.73 Å². The number of allylic oxidation sites excluding steroid dienone is 2. The second-order valence-corrected chi connectivity index (χ2v) is 8.23. The number of ketones is 1. The van der Waals surface area contributed by atoms with Gasteiger partial charge in [0.25, 0.3) is 0 Å². The summed E-state index contributed by atoms with van der Waals surface area (Å²) in [5, 5.41) is 11.2. The van der Waals surface area contributed by atoms with Gasteiger partial charge in [0, 0.05) is 37.9 Å². The molecule has 0 aromatic carbocycles. The van der Waals surface area contributed by atoms with Crippen LogP contribution in [0.4, 0.5) is 11.5 Å². The molecular weight excluding hydrogens is 368 g/mol. The molecular formula is C21H27N6O2+. The average molecular weight is 395 g/mol. The number of aromatic nitrogens is 2. The van der Waals surface area contributed by atoms with Crippen molar-refractivity contribution in [2.24, 2.45) is 4.99 Å². The number of morpholine rings is 1. The summed E-state index contributed by atoms with van der Waals surface area (Å²) < 4.78 is 8.36. The van der Waals surface area contributed by atoms with Gasteiger partial charge in [-0.1, -0.05) is 6.07 Å². The van der Waals surface area contributed by atoms with Crippen LogP contribution in [0.2, 0.25) is 0 Å². The Balaban J connectivity index is 1.64. The zero-order valence-corrected chi connectivity index (χ0v) is 17.1. The maximum atomic E-state index is 12.6. The van der Waals surface area contributed by atoms with E-state index in [1.54, 1.807) is 16.7 Å². The standard InChI is InChI=1S/C21H26N6O2/c1-27(2,3)11-6-8-23-21-20(17-7-4-5-10-26(17)25-21)24-15-14-19-16(13-18(15)28)22-9-12-29-19/h4-5,7,10,13-14H,6,8-9,11-12H2,1-3H3,(H-,22,23,25,28)/p+1. The Morgan fingerprint density at radius 2 is 2.17 bits per heavy atom. The fourth-order valence-corrected chi connectivity index (χ4v) is 3.34. The van der Waals surface area contributed by atoms with Crippen LogP contribution in [-0.4, -0.2) is 73.0 Å². The zero-order chi connectivity index (χ0) is 20.4. The second kappa shape index (κ2) is 7.71. The van der Waals surface area contributed by atoms with E-state index in [0.29, 0.717) is 36.1 Å². The Hall–Kier alpha value is -3.13. The predicted octanol–water partition coefficient (Wildman–Crippen LogP) is 1.89. The Morgan fingerprint density at radius 1 is 1.31 bits per heavy atom. The molecule has 1 aliphatic heterocycles. The number of hydrogen-bond donors (Lipinski definition) is 2. The third-order valence-electron chi connectivity index (χ3n) is 4.78. The van der Waals surface area contributed by atoms with E-state index in [9.17, 15) is 4.79 Å². The molecule has 3 heterocycles. The summed E-state index contributed by atoms with van der Waals surface area (Å²) in [6.45, 7) is 3.09. The smallest absolute Gasteiger partial charge is 0.206 e. The first-order chi connectivity index (χ1) is 13.9. The highest BCUT2D eigenvalue weighted by molar-refractivity contribution is 6.49. The number of anilines is 1. The van der Waals surface area contributed by atoms with Crippen molar-refractivity contribution in [2.45, 2.75) is 6.42 Å². The van der Waals surface area contributed by atoms with Crippen LogP contribution in [0.15, 0.2) is 53.0 Å². The van der Waals surface area contributed by atoms with Crippen molar-refractivity contribution in [1.82, 2.24) is 14.9 Å². The molecule has 1 saturated heterocycles. The highest BCUT2D eigenvalue weighted by Gasteiger charge is 2.23. The van der Waals surface area contributed by atoms with Crippen molar-refractivity contribution in [2.75, 3.05) is 52.7 Å². The fraction of sp³-hybridized carbons (Fsp3) is 0.381. The number of fused-ring (bicyclic) bond motifs is 2. The molecule has 0 saturated carbocycles. The third kappa shape index (κ3) is 4.32. The molecule has 1 aliphatic carbocycles. The van der Waals surface area contributed by atoms with Gasteiger partial charge >= 0.3 is 0 Å². The topological polar surface area (TPSA) is 80.0 Å². The molecule has 0 radical (unpaired) electrons. The number of nitrogens with zero attached hydrogens (tertiary/aromatic N) is 4. The van der Waals surface area contributed by atoms with E-state index < -0.39 is 0 Å². The van der Waals surface area contributed by atoms with Gasteiger partial charge < -0.3 is 19.9 Å². The minimum Gasteiger partial charge on any atom is -0.490 e. The van der Waals surface area contributed by atoms with Crippen molar-refractivity contribution < 1.29 is 14.0 Å². The first-order valence-corrected chi connectivity index (χ1v) is 9.86.